The topological polar surface area (TPSA) is 66.8 Å². The molecule has 110 valence electrons. The summed E-state index contributed by atoms with van der Waals surface area (Å²) in [6, 6.07) is 7.88. The lowest BCUT2D eigenvalue weighted by molar-refractivity contribution is -0.154. The molecule has 3 rings (SSSR count). The van der Waals surface area contributed by atoms with Gasteiger partial charge in [0.05, 0.1) is 18.0 Å². The molecular weight excluding hydrogens is 290 g/mol. The van der Waals surface area contributed by atoms with Gasteiger partial charge in [-0.1, -0.05) is 18.2 Å². The first kappa shape index (κ1) is 14.0. The number of nitrogens with zero attached hydrogens (tertiary/aromatic N) is 1. The van der Waals surface area contributed by atoms with Crippen molar-refractivity contribution >= 4 is 33.3 Å². The number of hydrogen-bond acceptors (Lipinski definition) is 4. The van der Waals surface area contributed by atoms with Gasteiger partial charge in [0.15, 0.2) is 6.10 Å². The van der Waals surface area contributed by atoms with E-state index >= 15 is 0 Å². The largest absolute Gasteiger partial charge is 0.479 e. The lowest BCUT2D eigenvalue weighted by Crippen LogP contribution is -2.48. The quantitative estimate of drug-likeness (QED) is 0.923. The Labute approximate surface area is 125 Å². The van der Waals surface area contributed by atoms with E-state index in [0.717, 1.165) is 15.6 Å². The van der Waals surface area contributed by atoms with Gasteiger partial charge in [-0.2, -0.15) is 0 Å². The zero-order valence-electron chi connectivity index (χ0n) is 11.5. The maximum atomic E-state index is 12.6. The third-order valence-electron chi connectivity index (χ3n) is 3.67. The second kappa shape index (κ2) is 5.46. The van der Waals surface area contributed by atoms with Crippen molar-refractivity contribution in [3.8, 4) is 0 Å². The molecule has 1 aliphatic heterocycles. The van der Waals surface area contributed by atoms with Crippen LogP contribution in [0.4, 0.5) is 0 Å². The minimum atomic E-state index is -1.03. The maximum absolute atomic E-state index is 12.6. The van der Waals surface area contributed by atoms with Gasteiger partial charge in [0.2, 0.25) is 0 Å². The average molecular weight is 305 g/mol. The van der Waals surface area contributed by atoms with Crippen LogP contribution in [0.2, 0.25) is 0 Å². The molecule has 2 aromatic rings. The van der Waals surface area contributed by atoms with Gasteiger partial charge in [0.25, 0.3) is 5.91 Å². The van der Waals surface area contributed by atoms with E-state index in [2.05, 4.69) is 0 Å². The number of morpholine rings is 1. The minimum absolute atomic E-state index is 0.0991. The van der Waals surface area contributed by atoms with Crippen molar-refractivity contribution in [3.63, 3.8) is 0 Å². The molecule has 1 aliphatic rings. The number of carbonyl (C=O) groups excluding carboxylic acids is 1. The molecule has 1 aromatic heterocycles. The molecule has 0 aliphatic carbocycles. The number of aryl methyl sites for hydroxylation is 1. The first-order valence-corrected chi connectivity index (χ1v) is 7.51. The second-order valence-electron chi connectivity index (χ2n) is 5.00. The lowest BCUT2D eigenvalue weighted by atomic mass is 10.1. The first-order valence-electron chi connectivity index (χ1n) is 6.69. The molecular formula is C15H15NO4S. The van der Waals surface area contributed by atoms with Gasteiger partial charge < -0.3 is 14.7 Å². The summed E-state index contributed by atoms with van der Waals surface area (Å²) in [5.41, 5.74) is 0.957. The van der Waals surface area contributed by atoms with Gasteiger partial charge in [-0.15, -0.1) is 11.3 Å². The highest BCUT2D eigenvalue weighted by atomic mass is 32.1. The highest BCUT2D eigenvalue weighted by molar-refractivity contribution is 7.21. The molecule has 1 unspecified atom stereocenters. The molecule has 1 N–H and O–H groups in total. The number of fused-ring (bicyclic) bond motifs is 1. The van der Waals surface area contributed by atoms with Crippen molar-refractivity contribution in [1.29, 1.82) is 0 Å². The van der Waals surface area contributed by atoms with Crippen LogP contribution in [0, 0.1) is 6.92 Å². The molecule has 5 nitrogen and oxygen atoms in total. The molecule has 1 atom stereocenters. The molecule has 1 amide bonds. The Morgan fingerprint density at radius 2 is 2.14 bits per heavy atom. The van der Waals surface area contributed by atoms with E-state index in [-0.39, 0.29) is 19.1 Å². The molecule has 1 aromatic carbocycles. The highest BCUT2D eigenvalue weighted by Crippen LogP contribution is 2.31. The van der Waals surface area contributed by atoms with Gasteiger partial charge in [0, 0.05) is 11.2 Å². The van der Waals surface area contributed by atoms with E-state index in [9.17, 15) is 9.59 Å². The van der Waals surface area contributed by atoms with Crippen molar-refractivity contribution in [3.05, 3.63) is 34.7 Å². The molecule has 0 radical (unpaired) electrons. The Kier molecular flexibility index (Phi) is 3.65. The molecule has 1 fully saturated rings. The number of ether oxygens (including phenoxy) is 1. The number of thiophene rings is 1. The molecule has 2 heterocycles. The maximum Gasteiger partial charge on any atom is 0.334 e. The van der Waals surface area contributed by atoms with Crippen LogP contribution in [-0.4, -0.2) is 47.7 Å². The van der Waals surface area contributed by atoms with Crippen molar-refractivity contribution < 1.29 is 19.4 Å². The number of rotatable bonds is 2. The Morgan fingerprint density at radius 3 is 2.86 bits per heavy atom. The van der Waals surface area contributed by atoms with Gasteiger partial charge in [0.1, 0.15) is 0 Å². The van der Waals surface area contributed by atoms with Crippen molar-refractivity contribution in [2.24, 2.45) is 0 Å². The van der Waals surface area contributed by atoms with Crippen LogP contribution in [0.25, 0.3) is 10.1 Å². The zero-order chi connectivity index (χ0) is 15.0. The molecule has 1 saturated heterocycles. The summed E-state index contributed by atoms with van der Waals surface area (Å²) in [4.78, 5) is 25.9. The van der Waals surface area contributed by atoms with Gasteiger partial charge >= 0.3 is 5.97 Å². The number of amides is 1. The van der Waals surface area contributed by atoms with Crippen LogP contribution >= 0.6 is 11.3 Å². The Bertz CT molecular complexity index is 709. The molecule has 0 saturated carbocycles. The van der Waals surface area contributed by atoms with E-state index in [1.807, 2.05) is 31.2 Å². The van der Waals surface area contributed by atoms with Crippen LogP contribution in [0.5, 0.6) is 0 Å². The van der Waals surface area contributed by atoms with E-state index in [1.165, 1.54) is 11.3 Å². The monoisotopic (exact) mass is 305 g/mol. The SMILES string of the molecule is Cc1c(C(=O)N2CCOC(C(=O)O)C2)sc2ccccc12. The smallest absolute Gasteiger partial charge is 0.334 e. The third kappa shape index (κ3) is 2.52. The summed E-state index contributed by atoms with van der Waals surface area (Å²) in [6.45, 7) is 2.71. The summed E-state index contributed by atoms with van der Waals surface area (Å²) < 4.78 is 6.23. The molecule has 0 spiro atoms. The fourth-order valence-electron chi connectivity index (χ4n) is 2.51. The summed E-state index contributed by atoms with van der Waals surface area (Å²) in [6.07, 6.45) is -0.933. The Hall–Kier alpha value is -1.92. The molecule has 0 bridgehead atoms. The minimum Gasteiger partial charge on any atom is -0.479 e. The standard InChI is InChI=1S/C15H15NO4S/c1-9-10-4-2-3-5-12(10)21-13(9)14(17)16-6-7-20-11(8-16)15(18)19/h2-5,11H,6-8H2,1H3,(H,18,19). The van der Waals surface area contributed by atoms with Crippen LogP contribution in [0.3, 0.4) is 0 Å². The Balaban J connectivity index is 1.90. The van der Waals surface area contributed by atoms with E-state index in [0.29, 0.717) is 11.4 Å². The van der Waals surface area contributed by atoms with Gasteiger partial charge in [-0.3, -0.25) is 4.79 Å². The number of carbonyl (C=O) groups is 2. The lowest BCUT2D eigenvalue weighted by Gasteiger charge is -2.30. The van der Waals surface area contributed by atoms with Crippen molar-refractivity contribution in [2.45, 2.75) is 13.0 Å². The number of carboxylic acid groups (broad SMARTS) is 1. The number of aliphatic carboxylic acids is 1. The summed E-state index contributed by atoms with van der Waals surface area (Å²) in [5, 5.41) is 10.1. The number of benzene rings is 1. The third-order valence-corrected chi connectivity index (χ3v) is 4.93. The molecule has 6 heteroatoms. The van der Waals surface area contributed by atoms with Gasteiger partial charge in [-0.05, 0) is 23.9 Å². The summed E-state index contributed by atoms with van der Waals surface area (Å²) >= 11 is 1.46. The predicted molar refractivity (Wildman–Crippen MR) is 79.8 cm³/mol. The van der Waals surface area contributed by atoms with Gasteiger partial charge in [-0.25, -0.2) is 4.79 Å². The van der Waals surface area contributed by atoms with Crippen LogP contribution in [0.1, 0.15) is 15.2 Å². The highest BCUT2D eigenvalue weighted by Gasteiger charge is 2.30. The molecule has 21 heavy (non-hydrogen) atoms. The second-order valence-corrected chi connectivity index (χ2v) is 6.05. The fourth-order valence-corrected chi connectivity index (χ4v) is 3.68. The van der Waals surface area contributed by atoms with E-state index in [4.69, 9.17) is 9.84 Å². The van der Waals surface area contributed by atoms with Crippen LogP contribution in [-0.2, 0) is 9.53 Å². The van der Waals surface area contributed by atoms with E-state index < -0.39 is 12.1 Å². The van der Waals surface area contributed by atoms with Crippen molar-refractivity contribution in [2.75, 3.05) is 19.7 Å². The van der Waals surface area contributed by atoms with Crippen LogP contribution < -0.4 is 0 Å². The normalized spacial score (nSPS) is 18.9. The summed E-state index contributed by atoms with van der Waals surface area (Å²) in [5.74, 6) is -1.14. The first-order chi connectivity index (χ1) is 10.1. The Morgan fingerprint density at radius 1 is 1.38 bits per heavy atom. The van der Waals surface area contributed by atoms with Crippen molar-refractivity contribution in [1.82, 2.24) is 4.90 Å². The number of hydrogen-bond donors (Lipinski definition) is 1. The summed E-state index contributed by atoms with van der Waals surface area (Å²) in [7, 11) is 0. The van der Waals surface area contributed by atoms with E-state index in [1.54, 1.807) is 4.90 Å². The predicted octanol–water partition coefficient (Wildman–Crippen LogP) is 2.14. The average Bonchev–Trinajstić information content (AvgIpc) is 2.84. The zero-order valence-corrected chi connectivity index (χ0v) is 12.4. The fraction of sp³-hybridized carbons (Fsp3) is 0.333. The number of carboxylic acids is 1. The van der Waals surface area contributed by atoms with Crippen LogP contribution in [0.15, 0.2) is 24.3 Å².